The second-order valence-electron chi connectivity index (χ2n) is 7.67. The zero-order valence-corrected chi connectivity index (χ0v) is 18.7. The molecule has 0 aliphatic carbocycles. The zero-order valence-electron chi connectivity index (χ0n) is 17.2. The highest BCUT2D eigenvalue weighted by Gasteiger charge is 2.32. The first kappa shape index (κ1) is 21.4. The van der Waals surface area contributed by atoms with Crippen LogP contribution < -0.4 is 5.32 Å². The average Bonchev–Trinajstić information content (AvgIpc) is 3.10. The van der Waals surface area contributed by atoms with Gasteiger partial charge in [-0.3, -0.25) is 4.79 Å². The number of pyridine rings is 1. The van der Waals surface area contributed by atoms with E-state index in [1.165, 1.54) is 13.8 Å². The maximum Gasteiger partial charge on any atom is 0.231 e. The first-order chi connectivity index (χ1) is 14.7. The van der Waals surface area contributed by atoms with Crippen LogP contribution in [0.25, 0.3) is 33.5 Å². The number of halogens is 2. The quantitative estimate of drug-likeness (QED) is 0.338. The van der Waals surface area contributed by atoms with E-state index in [1.807, 2.05) is 36.4 Å². The standard InChI is InChI=1S/C24H20Cl2N2O3/c1-24(2,30)22(29)21-20(27-3)17-12-16(13-8-10-14(25)11-9-13)19(28-23(17)31-21)15-6-4-5-7-18(15)26/h4-12,27,30H,1-3H3. The van der Waals surface area contributed by atoms with Crippen LogP contribution in [0.3, 0.4) is 0 Å². The van der Waals surface area contributed by atoms with E-state index in [4.69, 9.17) is 32.6 Å². The topological polar surface area (TPSA) is 75.4 Å². The van der Waals surface area contributed by atoms with Gasteiger partial charge in [-0.25, -0.2) is 4.98 Å². The Morgan fingerprint density at radius 1 is 1.06 bits per heavy atom. The molecule has 0 atom stereocenters. The molecule has 2 aromatic heterocycles. The average molecular weight is 455 g/mol. The zero-order chi connectivity index (χ0) is 22.3. The molecule has 0 radical (unpaired) electrons. The number of ketones is 1. The second kappa shape index (κ2) is 8.00. The summed E-state index contributed by atoms with van der Waals surface area (Å²) >= 11 is 12.6. The van der Waals surface area contributed by atoms with Gasteiger partial charge in [-0.2, -0.15) is 0 Å². The van der Waals surface area contributed by atoms with Crippen molar-refractivity contribution in [2.75, 3.05) is 12.4 Å². The predicted octanol–water partition coefficient (Wildman–Crippen LogP) is 6.46. The van der Waals surface area contributed by atoms with Gasteiger partial charge in [0.25, 0.3) is 0 Å². The summed E-state index contributed by atoms with van der Waals surface area (Å²) in [5.41, 5.74) is 2.17. The van der Waals surface area contributed by atoms with Crippen molar-refractivity contribution in [2.45, 2.75) is 19.4 Å². The van der Waals surface area contributed by atoms with Crippen LogP contribution in [0.15, 0.2) is 59.0 Å². The minimum atomic E-state index is -1.59. The number of furan rings is 1. The van der Waals surface area contributed by atoms with E-state index < -0.39 is 11.4 Å². The van der Waals surface area contributed by atoms with Crippen LogP contribution >= 0.6 is 23.2 Å². The molecule has 7 heteroatoms. The maximum absolute atomic E-state index is 12.8. The van der Waals surface area contributed by atoms with E-state index in [0.717, 1.165) is 16.7 Å². The van der Waals surface area contributed by atoms with Crippen molar-refractivity contribution >= 4 is 45.8 Å². The Balaban J connectivity index is 2.05. The minimum absolute atomic E-state index is 0.0239. The number of Topliss-reactive ketones (excluding diaryl/α,β-unsaturated/α-hetero) is 1. The van der Waals surface area contributed by atoms with Crippen LogP contribution in [0.2, 0.25) is 10.0 Å². The van der Waals surface area contributed by atoms with Crippen LogP contribution in [0.5, 0.6) is 0 Å². The van der Waals surface area contributed by atoms with Crippen molar-refractivity contribution in [3.05, 3.63) is 70.4 Å². The number of fused-ring (bicyclic) bond motifs is 1. The summed E-state index contributed by atoms with van der Waals surface area (Å²) in [7, 11) is 1.69. The third kappa shape index (κ3) is 3.92. The monoisotopic (exact) mass is 454 g/mol. The summed E-state index contributed by atoms with van der Waals surface area (Å²) in [6, 6.07) is 16.7. The molecule has 5 nitrogen and oxygen atoms in total. The lowest BCUT2D eigenvalue weighted by atomic mass is 9.97. The Hall–Kier alpha value is -2.86. The minimum Gasteiger partial charge on any atom is -0.432 e. The van der Waals surface area contributed by atoms with Crippen molar-refractivity contribution in [1.29, 1.82) is 0 Å². The van der Waals surface area contributed by atoms with E-state index in [0.29, 0.717) is 26.8 Å². The Bertz CT molecular complexity index is 1290. The molecule has 2 N–H and O–H groups in total. The molecule has 2 aromatic carbocycles. The lowest BCUT2D eigenvalue weighted by molar-refractivity contribution is 0.0462. The van der Waals surface area contributed by atoms with Crippen LogP contribution in [0.1, 0.15) is 24.4 Å². The van der Waals surface area contributed by atoms with Crippen LogP contribution in [0, 0.1) is 0 Å². The Labute approximate surface area is 189 Å². The van der Waals surface area contributed by atoms with Crippen molar-refractivity contribution in [3.63, 3.8) is 0 Å². The molecule has 4 aromatic rings. The summed E-state index contributed by atoms with van der Waals surface area (Å²) in [5, 5.41) is 15.0. The maximum atomic E-state index is 12.8. The highest BCUT2D eigenvalue weighted by molar-refractivity contribution is 6.33. The van der Waals surface area contributed by atoms with E-state index in [9.17, 15) is 9.90 Å². The normalized spacial score (nSPS) is 11.7. The number of hydrogen-bond acceptors (Lipinski definition) is 5. The number of hydrogen-bond donors (Lipinski definition) is 2. The lowest BCUT2D eigenvalue weighted by Crippen LogP contribution is -2.31. The Morgan fingerprint density at radius 2 is 1.74 bits per heavy atom. The van der Waals surface area contributed by atoms with Gasteiger partial charge in [-0.15, -0.1) is 0 Å². The van der Waals surface area contributed by atoms with Gasteiger partial charge in [-0.1, -0.05) is 53.5 Å². The molecule has 0 amide bonds. The molecule has 2 heterocycles. The number of nitrogens with zero attached hydrogens (tertiary/aromatic N) is 1. The number of carbonyl (C=O) groups is 1. The number of rotatable bonds is 5. The molecular weight excluding hydrogens is 435 g/mol. The fourth-order valence-corrected chi connectivity index (χ4v) is 3.77. The SMILES string of the molecule is CNc1c(C(=O)C(C)(C)O)oc2nc(-c3ccccc3Cl)c(-c3ccc(Cl)cc3)cc12. The van der Waals surface area contributed by atoms with Crippen molar-refractivity contribution in [3.8, 4) is 22.4 Å². The molecule has 0 aliphatic rings. The number of anilines is 1. The number of nitrogens with one attached hydrogen (secondary N) is 1. The summed E-state index contributed by atoms with van der Waals surface area (Å²) in [4.78, 5) is 17.5. The first-order valence-electron chi connectivity index (χ1n) is 9.64. The third-order valence-electron chi connectivity index (χ3n) is 4.98. The van der Waals surface area contributed by atoms with Gasteiger partial charge in [0.2, 0.25) is 11.5 Å². The van der Waals surface area contributed by atoms with Crippen LogP contribution in [-0.4, -0.2) is 28.5 Å². The summed E-state index contributed by atoms with van der Waals surface area (Å²) in [5.74, 6) is -0.516. The smallest absolute Gasteiger partial charge is 0.231 e. The van der Waals surface area contributed by atoms with Gasteiger partial charge in [0.05, 0.1) is 16.8 Å². The Kier molecular flexibility index (Phi) is 5.52. The van der Waals surface area contributed by atoms with E-state index in [2.05, 4.69) is 5.32 Å². The van der Waals surface area contributed by atoms with Crippen molar-refractivity contribution < 1.29 is 14.3 Å². The molecular formula is C24H20Cl2N2O3. The molecule has 0 saturated carbocycles. The molecule has 158 valence electrons. The van der Waals surface area contributed by atoms with Crippen molar-refractivity contribution in [2.24, 2.45) is 0 Å². The summed E-state index contributed by atoms with van der Waals surface area (Å²) < 4.78 is 5.84. The van der Waals surface area contributed by atoms with E-state index in [1.54, 1.807) is 25.2 Å². The first-order valence-corrected chi connectivity index (χ1v) is 10.4. The third-order valence-corrected chi connectivity index (χ3v) is 5.56. The highest BCUT2D eigenvalue weighted by atomic mass is 35.5. The van der Waals surface area contributed by atoms with Gasteiger partial charge in [0, 0.05) is 28.2 Å². The second-order valence-corrected chi connectivity index (χ2v) is 8.51. The molecule has 0 bridgehead atoms. The van der Waals surface area contributed by atoms with Crippen molar-refractivity contribution in [1.82, 2.24) is 4.98 Å². The molecule has 0 aliphatic heterocycles. The molecule has 0 spiro atoms. The molecule has 4 rings (SSSR count). The number of aliphatic hydroxyl groups is 1. The van der Waals surface area contributed by atoms with E-state index in [-0.39, 0.29) is 11.5 Å². The summed E-state index contributed by atoms with van der Waals surface area (Å²) in [6.45, 7) is 2.84. The largest absolute Gasteiger partial charge is 0.432 e. The molecule has 0 saturated heterocycles. The van der Waals surface area contributed by atoms with Gasteiger partial charge in [-0.05, 0) is 43.7 Å². The van der Waals surface area contributed by atoms with E-state index >= 15 is 0 Å². The van der Waals surface area contributed by atoms with Gasteiger partial charge in [0.1, 0.15) is 5.60 Å². The van der Waals surface area contributed by atoms with Crippen LogP contribution in [0.4, 0.5) is 5.69 Å². The van der Waals surface area contributed by atoms with Gasteiger partial charge in [0.15, 0.2) is 5.76 Å². The summed E-state index contributed by atoms with van der Waals surface area (Å²) in [6.07, 6.45) is 0. The van der Waals surface area contributed by atoms with Gasteiger partial charge >= 0.3 is 0 Å². The number of aromatic nitrogens is 1. The molecule has 31 heavy (non-hydrogen) atoms. The van der Waals surface area contributed by atoms with Crippen LogP contribution in [-0.2, 0) is 0 Å². The molecule has 0 unspecified atom stereocenters. The number of benzene rings is 2. The fourth-order valence-electron chi connectivity index (χ4n) is 3.42. The van der Waals surface area contributed by atoms with Gasteiger partial charge < -0.3 is 14.8 Å². The fraction of sp³-hybridized carbons (Fsp3) is 0.167. The molecule has 0 fully saturated rings. The lowest BCUT2D eigenvalue weighted by Gasteiger charge is -2.14. The number of carbonyl (C=O) groups excluding carboxylic acids is 1. The highest BCUT2D eigenvalue weighted by Crippen LogP contribution is 2.41. The Morgan fingerprint density at radius 3 is 2.35 bits per heavy atom. The predicted molar refractivity (Wildman–Crippen MR) is 125 cm³/mol.